The Bertz CT molecular complexity index is 382. The van der Waals surface area contributed by atoms with Gasteiger partial charge in [0.15, 0.2) is 5.82 Å². The van der Waals surface area contributed by atoms with Gasteiger partial charge in [-0.05, 0) is 25.7 Å². The van der Waals surface area contributed by atoms with Gasteiger partial charge in [-0.15, -0.1) is 0 Å². The van der Waals surface area contributed by atoms with Crippen molar-refractivity contribution in [1.82, 2.24) is 10.1 Å². The standard InChI is InChI=1S/C11H14N2O2/c14-9-3-1-2-8(6-9)11-12-10(13-15-11)7-4-5-7/h7-8H,1-6H2. The molecule has 2 fully saturated rings. The smallest absolute Gasteiger partial charge is 0.230 e. The highest BCUT2D eigenvalue weighted by molar-refractivity contribution is 5.79. The number of carbonyl (C=O) groups is 1. The van der Waals surface area contributed by atoms with Gasteiger partial charge in [-0.2, -0.15) is 4.98 Å². The maximum absolute atomic E-state index is 11.3. The Morgan fingerprint density at radius 1 is 1.20 bits per heavy atom. The molecular weight excluding hydrogens is 192 g/mol. The van der Waals surface area contributed by atoms with E-state index in [1.807, 2.05) is 0 Å². The Morgan fingerprint density at radius 2 is 2.07 bits per heavy atom. The summed E-state index contributed by atoms with van der Waals surface area (Å²) in [5, 5.41) is 3.98. The average molecular weight is 206 g/mol. The molecule has 0 spiro atoms. The molecule has 1 aromatic heterocycles. The van der Waals surface area contributed by atoms with E-state index >= 15 is 0 Å². The maximum atomic E-state index is 11.3. The second kappa shape index (κ2) is 3.43. The molecule has 2 aliphatic carbocycles. The molecule has 0 N–H and O–H groups in total. The third kappa shape index (κ3) is 1.80. The normalized spacial score (nSPS) is 26.9. The minimum Gasteiger partial charge on any atom is -0.339 e. The van der Waals surface area contributed by atoms with Gasteiger partial charge in [-0.3, -0.25) is 4.79 Å². The Balaban J connectivity index is 1.76. The Hall–Kier alpha value is -1.19. The Labute approximate surface area is 88.1 Å². The van der Waals surface area contributed by atoms with E-state index in [9.17, 15) is 4.79 Å². The highest BCUT2D eigenvalue weighted by Crippen LogP contribution is 2.39. The summed E-state index contributed by atoms with van der Waals surface area (Å²) in [4.78, 5) is 15.7. The summed E-state index contributed by atoms with van der Waals surface area (Å²) >= 11 is 0. The van der Waals surface area contributed by atoms with Crippen LogP contribution in [0.3, 0.4) is 0 Å². The predicted molar refractivity (Wildman–Crippen MR) is 52.5 cm³/mol. The fraction of sp³-hybridized carbons (Fsp3) is 0.727. The lowest BCUT2D eigenvalue weighted by molar-refractivity contribution is -0.120. The molecule has 4 heteroatoms. The van der Waals surface area contributed by atoms with Crippen LogP contribution in [0.25, 0.3) is 0 Å². The highest BCUT2D eigenvalue weighted by atomic mass is 16.5. The van der Waals surface area contributed by atoms with Crippen LogP contribution < -0.4 is 0 Å². The summed E-state index contributed by atoms with van der Waals surface area (Å²) in [5.74, 6) is 2.58. The molecular formula is C11H14N2O2. The molecule has 1 atom stereocenters. The minimum absolute atomic E-state index is 0.186. The van der Waals surface area contributed by atoms with E-state index in [4.69, 9.17) is 4.52 Å². The van der Waals surface area contributed by atoms with Gasteiger partial charge in [0.2, 0.25) is 5.89 Å². The monoisotopic (exact) mass is 206 g/mol. The zero-order chi connectivity index (χ0) is 10.3. The SMILES string of the molecule is O=C1CCCC(c2nc(C3CC3)no2)C1. The fourth-order valence-corrected chi connectivity index (χ4v) is 2.16. The van der Waals surface area contributed by atoms with Crippen LogP contribution in [0.4, 0.5) is 0 Å². The van der Waals surface area contributed by atoms with E-state index in [-0.39, 0.29) is 5.92 Å². The summed E-state index contributed by atoms with van der Waals surface area (Å²) < 4.78 is 5.24. The van der Waals surface area contributed by atoms with Crippen molar-refractivity contribution in [3.05, 3.63) is 11.7 Å². The molecule has 0 bridgehead atoms. The highest BCUT2D eigenvalue weighted by Gasteiger charge is 2.31. The molecule has 0 aromatic carbocycles. The maximum Gasteiger partial charge on any atom is 0.230 e. The molecule has 2 saturated carbocycles. The zero-order valence-corrected chi connectivity index (χ0v) is 8.61. The number of aromatic nitrogens is 2. The van der Waals surface area contributed by atoms with E-state index in [1.165, 1.54) is 12.8 Å². The molecule has 1 heterocycles. The van der Waals surface area contributed by atoms with E-state index in [0.717, 1.165) is 25.1 Å². The summed E-state index contributed by atoms with van der Waals surface area (Å²) in [6.07, 6.45) is 5.65. The van der Waals surface area contributed by atoms with Crippen molar-refractivity contribution >= 4 is 5.78 Å². The van der Waals surface area contributed by atoms with Crippen molar-refractivity contribution in [2.45, 2.75) is 50.4 Å². The van der Waals surface area contributed by atoms with Crippen molar-refractivity contribution in [2.75, 3.05) is 0 Å². The van der Waals surface area contributed by atoms with Crippen molar-refractivity contribution in [2.24, 2.45) is 0 Å². The topological polar surface area (TPSA) is 56.0 Å². The molecule has 0 amide bonds. The quantitative estimate of drug-likeness (QED) is 0.744. The largest absolute Gasteiger partial charge is 0.339 e. The van der Waals surface area contributed by atoms with E-state index in [2.05, 4.69) is 10.1 Å². The van der Waals surface area contributed by atoms with Crippen LogP contribution in [0.2, 0.25) is 0 Å². The molecule has 1 aromatic rings. The van der Waals surface area contributed by atoms with Gasteiger partial charge in [0, 0.05) is 24.7 Å². The summed E-state index contributed by atoms with van der Waals surface area (Å²) in [5.41, 5.74) is 0. The van der Waals surface area contributed by atoms with Crippen molar-refractivity contribution < 1.29 is 9.32 Å². The van der Waals surface area contributed by atoms with Gasteiger partial charge >= 0.3 is 0 Å². The Morgan fingerprint density at radius 3 is 2.80 bits per heavy atom. The van der Waals surface area contributed by atoms with Crippen LogP contribution in [0.15, 0.2) is 4.52 Å². The van der Waals surface area contributed by atoms with Crippen LogP contribution in [0, 0.1) is 0 Å². The molecule has 4 nitrogen and oxygen atoms in total. The number of ketones is 1. The number of hydrogen-bond acceptors (Lipinski definition) is 4. The van der Waals surface area contributed by atoms with Gasteiger partial charge in [0.05, 0.1) is 0 Å². The molecule has 0 saturated heterocycles. The lowest BCUT2D eigenvalue weighted by atomic mass is 9.88. The Kier molecular flexibility index (Phi) is 2.08. The molecule has 1 unspecified atom stereocenters. The number of nitrogens with zero attached hydrogens (tertiary/aromatic N) is 2. The second-order valence-corrected chi connectivity index (χ2v) is 4.60. The van der Waals surface area contributed by atoms with Crippen molar-refractivity contribution in [3.8, 4) is 0 Å². The van der Waals surface area contributed by atoms with Crippen LogP contribution in [-0.4, -0.2) is 15.9 Å². The van der Waals surface area contributed by atoms with E-state index in [0.29, 0.717) is 24.0 Å². The van der Waals surface area contributed by atoms with Gasteiger partial charge in [-0.1, -0.05) is 5.16 Å². The lowest BCUT2D eigenvalue weighted by Crippen LogP contribution is -2.13. The van der Waals surface area contributed by atoms with Gasteiger partial charge < -0.3 is 4.52 Å². The van der Waals surface area contributed by atoms with Crippen LogP contribution in [-0.2, 0) is 4.79 Å². The van der Waals surface area contributed by atoms with Crippen molar-refractivity contribution in [3.63, 3.8) is 0 Å². The first-order valence-electron chi connectivity index (χ1n) is 5.68. The van der Waals surface area contributed by atoms with Gasteiger partial charge in [0.25, 0.3) is 0 Å². The first-order valence-corrected chi connectivity index (χ1v) is 5.68. The fourth-order valence-electron chi connectivity index (χ4n) is 2.16. The molecule has 0 radical (unpaired) electrons. The third-order valence-electron chi connectivity index (χ3n) is 3.23. The van der Waals surface area contributed by atoms with Gasteiger partial charge in [0.1, 0.15) is 5.78 Å². The van der Waals surface area contributed by atoms with Crippen LogP contribution >= 0.6 is 0 Å². The molecule has 0 aliphatic heterocycles. The predicted octanol–water partition coefficient (Wildman–Crippen LogP) is 2.17. The van der Waals surface area contributed by atoms with E-state index < -0.39 is 0 Å². The van der Waals surface area contributed by atoms with Crippen LogP contribution in [0.1, 0.15) is 62.1 Å². The third-order valence-corrected chi connectivity index (χ3v) is 3.23. The molecule has 2 aliphatic rings. The van der Waals surface area contributed by atoms with E-state index in [1.54, 1.807) is 0 Å². The molecule has 3 rings (SSSR count). The van der Waals surface area contributed by atoms with Crippen LogP contribution in [0.5, 0.6) is 0 Å². The first-order chi connectivity index (χ1) is 7.33. The first kappa shape index (κ1) is 9.07. The lowest BCUT2D eigenvalue weighted by Gasteiger charge is -2.16. The number of hydrogen-bond donors (Lipinski definition) is 0. The average Bonchev–Trinajstić information content (AvgIpc) is 2.97. The molecule has 15 heavy (non-hydrogen) atoms. The minimum atomic E-state index is 0.186. The summed E-state index contributed by atoms with van der Waals surface area (Å²) in [6, 6.07) is 0. The van der Waals surface area contributed by atoms with Gasteiger partial charge in [-0.25, -0.2) is 0 Å². The summed E-state index contributed by atoms with van der Waals surface area (Å²) in [7, 11) is 0. The summed E-state index contributed by atoms with van der Waals surface area (Å²) in [6.45, 7) is 0. The molecule has 80 valence electrons. The number of rotatable bonds is 2. The number of carbonyl (C=O) groups excluding carboxylic acids is 1. The van der Waals surface area contributed by atoms with Crippen molar-refractivity contribution in [1.29, 1.82) is 0 Å². The second-order valence-electron chi connectivity index (χ2n) is 4.60. The zero-order valence-electron chi connectivity index (χ0n) is 8.61. The number of Topliss-reactive ketones (excluding diaryl/α,β-unsaturated/α-hetero) is 1.